The molecule has 0 fully saturated rings. The van der Waals surface area contributed by atoms with Crippen LogP contribution in [0.4, 0.5) is 5.69 Å². The Balaban J connectivity index is 1.93. The highest BCUT2D eigenvalue weighted by Gasteiger charge is 2.14. The summed E-state index contributed by atoms with van der Waals surface area (Å²) >= 11 is 0. The Morgan fingerprint density at radius 1 is 1.42 bits per heavy atom. The van der Waals surface area contributed by atoms with Crippen molar-refractivity contribution in [1.82, 2.24) is 9.88 Å². The van der Waals surface area contributed by atoms with E-state index in [1.807, 2.05) is 0 Å². The number of hydrogen-bond donors (Lipinski definition) is 1. The summed E-state index contributed by atoms with van der Waals surface area (Å²) in [6.45, 7) is 1.43. The van der Waals surface area contributed by atoms with Crippen LogP contribution in [0.15, 0.2) is 27.4 Å². The minimum Gasteiger partial charge on any atom is -0.407 e. The van der Waals surface area contributed by atoms with Crippen LogP contribution >= 0.6 is 0 Å². The molecule has 1 N–H and O–H groups in total. The summed E-state index contributed by atoms with van der Waals surface area (Å²) in [6, 6.07) is 4.01. The third kappa shape index (κ3) is 4.42. The van der Waals surface area contributed by atoms with Gasteiger partial charge >= 0.3 is 5.76 Å². The number of methoxy groups -OCH3 is 1. The number of non-ortho nitro benzene ring substituents is 1. The van der Waals surface area contributed by atoms with Gasteiger partial charge in [0, 0.05) is 39.3 Å². The number of nitrogens with zero attached hydrogens (tertiary/aromatic N) is 2. The number of benzene rings is 1. The van der Waals surface area contributed by atoms with Gasteiger partial charge < -0.3 is 14.5 Å². The Morgan fingerprint density at radius 3 is 2.92 bits per heavy atom. The van der Waals surface area contributed by atoms with Crippen molar-refractivity contribution in [3.8, 4) is 0 Å². The van der Waals surface area contributed by atoms with Crippen molar-refractivity contribution >= 4 is 22.7 Å². The molecule has 130 valence electrons. The van der Waals surface area contributed by atoms with Gasteiger partial charge in [0.2, 0.25) is 5.91 Å². The molecule has 0 saturated carbocycles. The molecule has 0 radical (unpaired) electrons. The summed E-state index contributed by atoms with van der Waals surface area (Å²) in [5, 5.41) is 13.5. The monoisotopic (exact) mass is 337 g/mol. The molecule has 9 heteroatoms. The molecule has 1 amide bonds. The Hall–Kier alpha value is -2.68. The molecule has 1 heterocycles. The van der Waals surface area contributed by atoms with Crippen LogP contribution in [-0.4, -0.2) is 35.7 Å². The molecule has 0 aliphatic heterocycles. The van der Waals surface area contributed by atoms with E-state index in [1.54, 1.807) is 7.11 Å². The zero-order valence-electron chi connectivity index (χ0n) is 13.3. The maximum Gasteiger partial charge on any atom is 0.419 e. The number of nitrogens with one attached hydrogen (secondary N) is 1. The van der Waals surface area contributed by atoms with Crippen molar-refractivity contribution in [2.45, 2.75) is 25.8 Å². The number of ether oxygens (including phenoxy) is 1. The van der Waals surface area contributed by atoms with Gasteiger partial charge in [-0.05, 0) is 18.9 Å². The lowest BCUT2D eigenvalue weighted by molar-refractivity contribution is -0.384. The second-order valence-corrected chi connectivity index (χ2v) is 5.23. The molecule has 9 nitrogen and oxygen atoms in total. The highest BCUT2D eigenvalue weighted by atomic mass is 16.6. The van der Waals surface area contributed by atoms with Crippen molar-refractivity contribution in [2.24, 2.45) is 0 Å². The van der Waals surface area contributed by atoms with Crippen molar-refractivity contribution in [3.05, 3.63) is 38.9 Å². The van der Waals surface area contributed by atoms with E-state index < -0.39 is 10.7 Å². The molecular formula is C15H19N3O6. The number of carbonyl (C=O) groups is 1. The van der Waals surface area contributed by atoms with Gasteiger partial charge in [0.05, 0.1) is 16.5 Å². The predicted molar refractivity (Wildman–Crippen MR) is 85.9 cm³/mol. The molecule has 24 heavy (non-hydrogen) atoms. The SMILES string of the molecule is COCCCNC(=O)CCCn1c(=O)oc2cc([N+](=O)[O-])ccc21. The quantitative estimate of drug-likeness (QED) is 0.420. The fourth-order valence-corrected chi connectivity index (χ4v) is 2.31. The molecule has 0 bridgehead atoms. The van der Waals surface area contributed by atoms with Gasteiger partial charge in [-0.1, -0.05) is 0 Å². The summed E-state index contributed by atoms with van der Waals surface area (Å²) in [5.74, 6) is -0.686. The molecule has 1 aromatic heterocycles. The van der Waals surface area contributed by atoms with Crippen LogP contribution in [0, 0.1) is 10.1 Å². The molecular weight excluding hydrogens is 318 g/mol. The van der Waals surface area contributed by atoms with E-state index in [0.29, 0.717) is 31.6 Å². The summed E-state index contributed by atoms with van der Waals surface area (Å²) in [5.41, 5.74) is 0.503. The molecule has 0 aliphatic rings. The van der Waals surface area contributed by atoms with Gasteiger partial charge in [0.25, 0.3) is 5.69 Å². The lowest BCUT2D eigenvalue weighted by Gasteiger charge is -2.05. The van der Waals surface area contributed by atoms with E-state index >= 15 is 0 Å². The zero-order valence-corrected chi connectivity index (χ0v) is 13.3. The first-order valence-corrected chi connectivity index (χ1v) is 7.56. The van der Waals surface area contributed by atoms with E-state index in [-0.39, 0.29) is 23.6 Å². The van der Waals surface area contributed by atoms with Crippen LogP contribution in [-0.2, 0) is 16.1 Å². The molecule has 0 aliphatic carbocycles. The smallest absolute Gasteiger partial charge is 0.407 e. The third-order valence-corrected chi connectivity index (χ3v) is 3.50. The summed E-state index contributed by atoms with van der Waals surface area (Å²) in [4.78, 5) is 33.7. The van der Waals surface area contributed by atoms with Gasteiger partial charge in [0.15, 0.2) is 5.58 Å². The average Bonchev–Trinajstić information content (AvgIpc) is 2.86. The van der Waals surface area contributed by atoms with Crippen LogP contribution in [0.3, 0.4) is 0 Å². The molecule has 0 atom stereocenters. The number of nitro groups is 1. The van der Waals surface area contributed by atoms with Gasteiger partial charge in [-0.25, -0.2) is 4.79 Å². The molecule has 2 aromatic rings. The Morgan fingerprint density at radius 2 is 2.21 bits per heavy atom. The Bertz CT molecular complexity index is 779. The van der Waals surface area contributed by atoms with E-state index in [1.165, 1.54) is 22.8 Å². The summed E-state index contributed by atoms with van der Waals surface area (Å²) in [6.07, 6.45) is 1.48. The number of hydrogen-bond acceptors (Lipinski definition) is 6. The lowest BCUT2D eigenvalue weighted by atomic mass is 10.2. The minimum absolute atomic E-state index is 0.0948. The fraction of sp³-hybridized carbons (Fsp3) is 0.467. The van der Waals surface area contributed by atoms with E-state index in [9.17, 15) is 19.7 Å². The van der Waals surface area contributed by atoms with Crippen molar-refractivity contribution in [2.75, 3.05) is 20.3 Å². The minimum atomic E-state index is -0.592. The lowest BCUT2D eigenvalue weighted by Crippen LogP contribution is -2.25. The van der Waals surface area contributed by atoms with E-state index in [2.05, 4.69) is 5.32 Å². The number of nitro benzene ring substituents is 1. The summed E-state index contributed by atoms with van der Waals surface area (Å²) in [7, 11) is 1.60. The maximum atomic E-state index is 11.9. The van der Waals surface area contributed by atoms with E-state index in [0.717, 1.165) is 6.42 Å². The molecule has 1 aromatic carbocycles. The average molecular weight is 337 g/mol. The highest BCUT2D eigenvalue weighted by Crippen LogP contribution is 2.20. The van der Waals surface area contributed by atoms with Crippen molar-refractivity contribution in [3.63, 3.8) is 0 Å². The van der Waals surface area contributed by atoms with E-state index in [4.69, 9.17) is 9.15 Å². The normalized spacial score (nSPS) is 10.9. The van der Waals surface area contributed by atoms with Gasteiger partial charge in [-0.3, -0.25) is 19.5 Å². The van der Waals surface area contributed by atoms with Gasteiger partial charge in [-0.15, -0.1) is 0 Å². The number of fused-ring (bicyclic) bond motifs is 1. The molecule has 0 unspecified atom stereocenters. The first kappa shape index (κ1) is 17.7. The summed E-state index contributed by atoms with van der Waals surface area (Å²) < 4.78 is 11.3. The highest BCUT2D eigenvalue weighted by molar-refractivity contribution is 5.76. The first-order chi connectivity index (χ1) is 11.5. The Labute approximate surface area is 137 Å². The first-order valence-electron chi connectivity index (χ1n) is 7.56. The van der Waals surface area contributed by atoms with Gasteiger partial charge in [0.1, 0.15) is 0 Å². The van der Waals surface area contributed by atoms with Crippen LogP contribution in [0.2, 0.25) is 0 Å². The topological polar surface area (TPSA) is 117 Å². The van der Waals surface area contributed by atoms with Crippen molar-refractivity contribution in [1.29, 1.82) is 0 Å². The number of amides is 1. The number of oxazole rings is 1. The number of aromatic nitrogens is 1. The van der Waals surface area contributed by atoms with Crippen LogP contribution in [0.25, 0.3) is 11.1 Å². The number of aryl methyl sites for hydroxylation is 1. The largest absolute Gasteiger partial charge is 0.419 e. The second kappa shape index (κ2) is 8.25. The standard InChI is InChI=1S/C15H19N3O6/c1-23-9-3-7-16-14(19)4-2-8-17-12-6-5-11(18(21)22)10-13(12)24-15(17)20/h5-6,10H,2-4,7-9H2,1H3,(H,16,19). The third-order valence-electron chi connectivity index (χ3n) is 3.50. The molecule has 0 saturated heterocycles. The fourth-order valence-electron chi connectivity index (χ4n) is 2.31. The van der Waals surface area contributed by atoms with Crippen LogP contribution < -0.4 is 11.1 Å². The number of carbonyl (C=O) groups excluding carboxylic acids is 1. The van der Waals surface area contributed by atoms with Gasteiger partial charge in [-0.2, -0.15) is 0 Å². The predicted octanol–water partition coefficient (Wildman–Crippen LogP) is 1.44. The van der Waals surface area contributed by atoms with Crippen LogP contribution in [0.5, 0.6) is 0 Å². The van der Waals surface area contributed by atoms with Crippen LogP contribution in [0.1, 0.15) is 19.3 Å². The zero-order chi connectivity index (χ0) is 17.5. The second-order valence-electron chi connectivity index (χ2n) is 5.23. The maximum absolute atomic E-state index is 11.9. The number of rotatable bonds is 9. The Kier molecular flexibility index (Phi) is 6.07. The molecule has 2 rings (SSSR count). The molecule has 0 spiro atoms. The van der Waals surface area contributed by atoms with Crippen molar-refractivity contribution < 1.29 is 18.9 Å².